The number of carbonyl (C=O) groups excluding carboxylic acids is 2. The van der Waals surface area contributed by atoms with Gasteiger partial charge in [0.2, 0.25) is 0 Å². The summed E-state index contributed by atoms with van der Waals surface area (Å²) in [6, 6.07) is -3.55. The van der Waals surface area contributed by atoms with Crippen LogP contribution >= 0.6 is 7.82 Å². The molecule has 23 atom stereocenters. The predicted molar refractivity (Wildman–Crippen MR) is 244 cm³/mol. The van der Waals surface area contributed by atoms with Crippen molar-refractivity contribution in [1.29, 1.82) is 0 Å². The lowest BCUT2D eigenvalue weighted by molar-refractivity contribution is -0.326. The molecule has 0 spiro atoms. The third-order valence-electron chi connectivity index (χ3n) is 16.1. The minimum absolute atomic E-state index is 0.141. The summed E-state index contributed by atoms with van der Waals surface area (Å²) in [5.41, 5.74) is 11.0. The van der Waals surface area contributed by atoms with Gasteiger partial charge in [0.1, 0.15) is 66.8 Å². The number of hydrogen-bond acceptors (Lipinski definition) is 23. The van der Waals surface area contributed by atoms with Crippen LogP contribution in [0.15, 0.2) is 23.8 Å². The van der Waals surface area contributed by atoms with E-state index in [0.29, 0.717) is 24.8 Å². The monoisotopic (exact) mass is 1080 g/mol. The second-order valence-corrected chi connectivity index (χ2v) is 22.7. The number of carbonyl (C=O) groups is 2. The SMILES string of the molecule is CNC(O)[C@H]1O[C@H](O[C@@H]2[C@@H](O)[C@H](O[C@H]3OCC(C)(O)[C@@H](NC)[C@H]3O)[C@@H](N)C[C@H]2N)[C@H](O)[C@@H](N)[C@@H]1O.C[C@@H]1C[C@H]2[C@@H]3CCC4=CC(=O)C=C[C@]4(C)[C@@]3(F)[C@@H](O)C[C@]2(C)[C@@]1(O)C(=O)COP(=O)(O)O.O=S(=O)(O)O. The van der Waals surface area contributed by atoms with Gasteiger partial charge in [-0.1, -0.05) is 25.5 Å². The number of aliphatic hydroxyl groups excluding tert-OH is 6. The summed E-state index contributed by atoms with van der Waals surface area (Å²) in [6.45, 7) is 5.36. The number of alkyl halides is 1. The Morgan fingerprint density at radius 2 is 1.51 bits per heavy atom. The molecule has 7 rings (SSSR count). The second-order valence-electron chi connectivity index (χ2n) is 20.6. The van der Waals surface area contributed by atoms with Gasteiger partial charge in [-0.05, 0) is 84.0 Å². The summed E-state index contributed by atoms with van der Waals surface area (Å²) in [7, 11) is -6.58. The number of hydrogen-bond donors (Lipinski definition) is 17. The average molecular weight is 1080 g/mol. The van der Waals surface area contributed by atoms with Gasteiger partial charge < -0.3 is 92.1 Å². The van der Waals surface area contributed by atoms with Crippen molar-refractivity contribution in [3.63, 3.8) is 0 Å². The van der Waals surface area contributed by atoms with Crippen LogP contribution in [0.3, 0.4) is 0 Å². The van der Waals surface area contributed by atoms with Crippen molar-refractivity contribution in [2.75, 3.05) is 27.3 Å². The molecule has 4 saturated carbocycles. The summed E-state index contributed by atoms with van der Waals surface area (Å²) in [5, 5.41) is 91.2. The summed E-state index contributed by atoms with van der Waals surface area (Å²) in [5.74, 6) is -2.87. The Hall–Kier alpha value is -1.95. The van der Waals surface area contributed by atoms with Crippen LogP contribution in [0, 0.1) is 28.6 Å². The molecule has 0 amide bonds. The number of nitrogens with one attached hydrogen (secondary N) is 2. The fraction of sp³-hybridized carbons (Fsp3) is 0.857. The van der Waals surface area contributed by atoms with Crippen molar-refractivity contribution >= 4 is 29.8 Å². The molecule has 72 heavy (non-hydrogen) atoms. The number of Topliss-reactive ketones (excluding diaryl/α,β-unsaturated/α-hetero) is 1. The molecule has 2 heterocycles. The van der Waals surface area contributed by atoms with E-state index in [0.717, 1.165) is 0 Å². The van der Waals surface area contributed by atoms with Crippen LogP contribution in [0.2, 0.25) is 0 Å². The minimum Gasteiger partial charge on any atom is -0.390 e. The summed E-state index contributed by atoms with van der Waals surface area (Å²) < 4.78 is 86.8. The molecule has 0 aromatic heterocycles. The quantitative estimate of drug-likeness (QED) is 0.0523. The van der Waals surface area contributed by atoms with E-state index in [1.165, 1.54) is 32.2 Å². The maximum Gasteiger partial charge on any atom is 0.470 e. The van der Waals surface area contributed by atoms with E-state index in [2.05, 4.69) is 15.2 Å². The Balaban J connectivity index is 0.000000245. The summed E-state index contributed by atoms with van der Waals surface area (Å²) >= 11 is 0. The number of aliphatic hydroxyl groups is 8. The molecule has 0 aromatic carbocycles. The van der Waals surface area contributed by atoms with Crippen LogP contribution < -0.4 is 27.8 Å². The van der Waals surface area contributed by atoms with E-state index in [4.69, 9.17) is 63.5 Å². The number of halogens is 1. The smallest absolute Gasteiger partial charge is 0.390 e. The number of rotatable bonds is 11. The van der Waals surface area contributed by atoms with Crippen molar-refractivity contribution in [2.24, 2.45) is 45.8 Å². The molecule has 6 fully saturated rings. The lowest BCUT2D eigenvalue weighted by Crippen LogP contribution is -2.70. The highest BCUT2D eigenvalue weighted by atomic mass is 32.3. The van der Waals surface area contributed by atoms with Gasteiger partial charge in [-0.3, -0.25) is 28.5 Å². The zero-order valence-corrected chi connectivity index (χ0v) is 42.2. The number of phosphoric ester groups is 1. The zero-order chi connectivity index (χ0) is 54.6. The molecule has 5 aliphatic carbocycles. The van der Waals surface area contributed by atoms with Gasteiger partial charge in [0, 0.05) is 28.8 Å². The highest BCUT2D eigenvalue weighted by Crippen LogP contribution is 2.70. The van der Waals surface area contributed by atoms with E-state index in [1.807, 2.05) is 0 Å². The molecule has 2 unspecified atom stereocenters. The molecule has 7 aliphatic rings. The molecule has 20 N–H and O–H groups in total. The maximum atomic E-state index is 17.0. The minimum atomic E-state index is -4.93. The van der Waals surface area contributed by atoms with Gasteiger partial charge in [-0.2, -0.15) is 8.42 Å². The van der Waals surface area contributed by atoms with Gasteiger partial charge >= 0.3 is 18.2 Å². The molecule has 0 bridgehead atoms. The number of nitrogens with two attached hydrogens (primary N) is 3. The van der Waals surface area contributed by atoms with Crippen LogP contribution in [-0.2, 0) is 48.0 Å². The molecule has 0 aromatic rings. The topological polar surface area (TPSA) is 476 Å². The van der Waals surface area contributed by atoms with Crippen molar-refractivity contribution in [1.82, 2.24) is 10.6 Å². The van der Waals surface area contributed by atoms with E-state index in [-0.39, 0.29) is 25.2 Å². The average Bonchev–Trinajstić information content (AvgIpc) is 3.47. The van der Waals surface area contributed by atoms with E-state index < -0.39 is 168 Å². The first-order valence-corrected chi connectivity index (χ1v) is 26.2. The third kappa shape index (κ3) is 11.7. The van der Waals surface area contributed by atoms with Crippen molar-refractivity contribution in [3.05, 3.63) is 23.8 Å². The summed E-state index contributed by atoms with van der Waals surface area (Å²) in [6.07, 6.45) is -9.24. The number of allylic oxidation sites excluding steroid dienone is 4. The van der Waals surface area contributed by atoms with Gasteiger partial charge in [-0.15, -0.1) is 0 Å². The first kappa shape index (κ1) is 60.9. The van der Waals surface area contributed by atoms with Crippen LogP contribution in [-0.4, -0.2) is 216 Å². The highest BCUT2D eigenvalue weighted by Gasteiger charge is 2.75. The van der Waals surface area contributed by atoms with Crippen molar-refractivity contribution in [2.45, 2.75) is 168 Å². The first-order chi connectivity index (χ1) is 32.9. The predicted octanol–water partition coefficient (Wildman–Crippen LogP) is -5.10. The van der Waals surface area contributed by atoms with Crippen LogP contribution in [0.1, 0.15) is 59.8 Å². The largest absolute Gasteiger partial charge is 0.470 e. The molecule has 27 nitrogen and oxygen atoms in total. The normalized spacial score (nSPS) is 47.6. The standard InChI is InChI=1S/C22H30FO8P.C20H41N5O10.H2O4S/c1-12-8-16-15-5-4-13-9-14(24)6-7-19(13,2)21(15,23)17(25)10-20(16,3)22(12,27)18(26)11-31-32(28,29)30;1-20(31)5-32-18(12(29)16(20)24-2)33-13-6(21)4-7(22)14(11(13)28)34-19-10(27)8(23)9(26)15(35-19)17(30)25-3;1-5(2,3)4/h6-7,9,12,15-17,25,27H,4-5,8,10-11H2,1-3H3,(H2,28,29,30);6-19,24-31H,4-5,21-23H2,1-3H3;(H2,1,2,3,4)/t12-,15+,16+,17+,19+,20+,21+,22+;6-,7+,8-,9-,10+,11-,12+,13+,14-,15-,16-,17?,18+,19-,20?;/m10./s1. The Labute approximate surface area is 415 Å². The maximum absolute atomic E-state index is 17.0. The fourth-order valence-electron chi connectivity index (χ4n) is 12.4. The zero-order valence-electron chi connectivity index (χ0n) is 40.5. The number of likely N-dealkylation sites (N-methyl/N-ethyl adjacent to an activating group) is 2. The number of ketones is 2. The lowest BCUT2D eigenvalue weighted by atomic mass is 9.44. The molecule has 416 valence electrons. The molecule has 2 aliphatic heterocycles. The number of fused-ring (bicyclic) bond motifs is 5. The van der Waals surface area contributed by atoms with Crippen molar-refractivity contribution in [3.8, 4) is 0 Å². The molecule has 30 heteroatoms. The molecular formula is C42H73FN5O22PS. The van der Waals surface area contributed by atoms with E-state index in [1.54, 1.807) is 27.8 Å². The van der Waals surface area contributed by atoms with Gasteiger partial charge in [0.05, 0.1) is 24.8 Å². The fourth-order valence-corrected chi connectivity index (χ4v) is 12.6. The molecular weight excluding hydrogens is 1010 g/mol. The second kappa shape index (κ2) is 22.2. The number of ether oxygens (including phenoxy) is 4. The Morgan fingerprint density at radius 1 is 0.944 bits per heavy atom. The number of phosphoric acid groups is 1. The van der Waals surface area contributed by atoms with Gasteiger partial charge in [0.25, 0.3) is 0 Å². The highest BCUT2D eigenvalue weighted by molar-refractivity contribution is 7.79. The van der Waals surface area contributed by atoms with Crippen LogP contribution in [0.5, 0.6) is 0 Å². The molecule has 0 radical (unpaired) electrons. The van der Waals surface area contributed by atoms with E-state index in [9.17, 15) is 55.0 Å². The van der Waals surface area contributed by atoms with Gasteiger partial charge in [0.15, 0.2) is 29.8 Å². The Kier molecular flexibility index (Phi) is 18.8. The van der Waals surface area contributed by atoms with Crippen molar-refractivity contribution < 1.29 is 110 Å². The van der Waals surface area contributed by atoms with E-state index >= 15 is 4.39 Å². The van der Waals surface area contributed by atoms with Crippen LogP contribution in [0.4, 0.5) is 4.39 Å². The third-order valence-corrected chi connectivity index (χ3v) is 16.6. The first-order valence-electron chi connectivity index (χ1n) is 23.2. The summed E-state index contributed by atoms with van der Waals surface area (Å²) in [4.78, 5) is 42.8. The Morgan fingerprint density at radius 3 is 2.06 bits per heavy atom. The molecule has 2 saturated heterocycles. The van der Waals surface area contributed by atoms with Crippen LogP contribution in [0.25, 0.3) is 0 Å². The van der Waals surface area contributed by atoms with Gasteiger partial charge in [-0.25, -0.2) is 8.96 Å². The Bertz CT molecular complexity index is 2170. The lowest BCUT2D eigenvalue weighted by Gasteiger charge is -2.62.